The van der Waals surface area contributed by atoms with E-state index in [4.69, 9.17) is 16.3 Å². The van der Waals surface area contributed by atoms with Crippen molar-refractivity contribution in [2.45, 2.75) is 59.7 Å². The summed E-state index contributed by atoms with van der Waals surface area (Å²) in [6, 6.07) is 16.0. The smallest absolute Gasteiger partial charge is 0.124 e. The van der Waals surface area contributed by atoms with E-state index in [1.165, 1.54) is 0 Å². The molecule has 2 aromatic carbocycles. The Kier molecular flexibility index (Phi) is 6.53. The van der Waals surface area contributed by atoms with Crippen molar-refractivity contribution in [2.75, 3.05) is 0 Å². The number of halogens is 1. The molecule has 0 bridgehead atoms. The highest BCUT2D eigenvalue weighted by Gasteiger charge is 2.25. The molecule has 0 heterocycles. The fourth-order valence-corrected chi connectivity index (χ4v) is 3.48. The van der Waals surface area contributed by atoms with Crippen molar-refractivity contribution in [3.63, 3.8) is 0 Å². The fraction of sp³-hybridized carbons (Fsp3) is 0.455. The molecular weight excluding hydrogens is 330 g/mol. The molecule has 0 amide bonds. The molecule has 136 valence electrons. The summed E-state index contributed by atoms with van der Waals surface area (Å²) in [7, 11) is 0. The zero-order valence-corrected chi connectivity index (χ0v) is 16.8. The van der Waals surface area contributed by atoms with Crippen molar-refractivity contribution in [1.82, 2.24) is 5.32 Å². The van der Waals surface area contributed by atoms with Crippen LogP contribution in [0.2, 0.25) is 5.02 Å². The van der Waals surface area contributed by atoms with Crippen LogP contribution in [0.1, 0.15) is 52.2 Å². The van der Waals surface area contributed by atoms with Crippen LogP contribution in [-0.2, 0) is 13.2 Å². The molecule has 0 radical (unpaired) electrons. The summed E-state index contributed by atoms with van der Waals surface area (Å²) in [5.41, 5.74) is 2.56. The highest BCUT2D eigenvalue weighted by Crippen LogP contribution is 2.29. The van der Waals surface area contributed by atoms with Crippen LogP contribution < -0.4 is 10.1 Å². The van der Waals surface area contributed by atoms with E-state index in [0.717, 1.165) is 34.9 Å². The van der Waals surface area contributed by atoms with E-state index in [1.807, 2.05) is 36.4 Å². The third-order valence-electron chi connectivity index (χ3n) is 3.99. The van der Waals surface area contributed by atoms with E-state index in [0.29, 0.717) is 6.61 Å². The zero-order chi connectivity index (χ0) is 18.5. The predicted octanol–water partition coefficient (Wildman–Crippen LogP) is 6.22. The molecule has 0 fully saturated rings. The minimum absolute atomic E-state index is 0.0390. The van der Waals surface area contributed by atoms with Gasteiger partial charge < -0.3 is 10.1 Å². The van der Waals surface area contributed by atoms with Crippen LogP contribution in [0.3, 0.4) is 0 Å². The molecule has 1 N–H and O–H groups in total. The molecular formula is C22H30ClNO. The molecule has 0 saturated carbocycles. The number of benzene rings is 2. The van der Waals surface area contributed by atoms with Gasteiger partial charge in [-0.2, -0.15) is 0 Å². The summed E-state index contributed by atoms with van der Waals surface area (Å²) in [6.45, 7) is 12.6. The van der Waals surface area contributed by atoms with Crippen LogP contribution >= 0.6 is 11.6 Å². The summed E-state index contributed by atoms with van der Waals surface area (Å²) in [5.74, 6) is 0.882. The summed E-state index contributed by atoms with van der Waals surface area (Å²) in [5, 5.41) is 4.39. The Morgan fingerprint density at radius 2 is 1.64 bits per heavy atom. The summed E-state index contributed by atoms with van der Waals surface area (Å²) < 4.78 is 6.05. The maximum atomic E-state index is 6.21. The van der Waals surface area contributed by atoms with Gasteiger partial charge in [-0.05, 0) is 49.4 Å². The maximum absolute atomic E-state index is 6.21. The van der Waals surface area contributed by atoms with E-state index in [-0.39, 0.29) is 11.0 Å². The van der Waals surface area contributed by atoms with E-state index in [9.17, 15) is 0 Å². The van der Waals surface area contributed by atoms with Crippen molar-refractivity contribution >= 4 is 11.6 Å². The molecule has 0 aromatic heterocycles. The van der Waals surface area contributed by atoms with E-state index >= 15 is 0 Å². The van der Waals surface area contributed by atoms with Crippen molar-refractivity contribution < 1.29 is 4.74 Å². The average Bonchev–Trinajstić information content (AvgIpc) is 2.51. The molecule has 0 aliphatic carbocycles. The van der Waals surface area contributed by atoms with Gasteiger partial charge >= 0.3 is 0 Å². The first kappa shape index (κ1) is 19.8. The molecule has 0 unspecified atom stereocenters. The second kappa shape index (κ2) is 8.25. The Morgan fingerprint density at radius 1 is 0.960 bits per heavy atom. The van der Waals surface area contributed by atoms with E-state index < -0.39 is 0 Å². The molecule has 2 aromatic rings. The first-order valence-corrected chi connectivity index (χ1v) is 9.23. The summed E-state index contributed by atoms with van der Waals surface area (Å²) in [6.07, 6.45) is 1.08. The Labute approximate surface area is 157 Å². The number of rotatable bonds is 7. The lowest BCUT2D eigenvalue weighted by Crippen LogP contribution is -2.41. The van der Waals surface area contributed by atoms with Gasteiger partial charge in [0.15, 0.2) is 0 Å². The van der Waals surface area contributed by atoms with Crippen molar-refractivity contribution in [2.24, 2.45) is 5.41 Å². The van der Waals surface area contributed by atoms with Crippen LogP contribution in [0.4, 0.5) is 0 Å². The van der Waals surface area contributed by atoms with Crippen LogP contribution in [0.15, 0.2) is 48.5 Å². The van der Waals surface area contributed by atoms with Gasteiger partial charge in [0.1, 0.15) is 12.4 Å². The lowest BCUT2D eigenvalue weighted by Gasteiger charge is -2.33. The Bertz CT molecular complexity index is 674. The minimum Gasteiger partial charge on any atom is -0.489 e. The quantitative estimate of drug-likeness (QED) is 0.633. The second-order valence-corrected chi connectivity index (χ2v) is 8.94. The molecule has 3 heteroatoms. The predicted molar refractivity (Wildman–Crippen MR) is 107 cm³/mol. The standard InChI is InChI=1S/C22H30ClNO/c1-21(2,3)16-22(4,5)24-14-18-13-19(23)11-12-20(18)25-15-17-9-7-6-8-10-17/h6-13,24H,14-16H2,1-5H3. The first-order valence-electron chi connectivity index (χ1n) is 8.85. The number of ether oxygens (including phenoxy) is 1. The van der Waals surface area contributed by atoms with Gasteiger partial charge in [-0.3, -0.25) is 0 Å². The Balaban J connectivity index is 2.05. The van der Waals surface area contributed by atoms with Crippen LogP contribution in [0, 0.1) is 5.41 Å². The number of hydrogen-bond donors (Lipinski definition) is 1. The molecule has 0 aliphatic rings. The Hall–Kier alpha value is -1.51. The largest absolute Gasteiger partial charge is 0.489 e. The normalized spacial score (nSPS) is 12.2. The number of nitrogens with one attached hydrogen (secondary N) is 1. The van der Waals surface area contributed by atoms with Gasteiger partial charge in [0, 0.05) is 22.7 Å². The number of hydrogen-bond acceptors (Lipinski definition) is 2. The lowest BCUT2D eigenvalue weighted by molar-refractivity contribution is 0.238. The zero-order valence-electron chi connectivity index (χ0n) is 16.0. The SMILES string of the molecule is CC(C)(C)CC(C)(C)NCc1cc(Cl)ccc1OCc1ccccc1. The van der Waals surface area contributed by atoms with Gasteiger partial charge in [-0.25, -0.2) is 0 Å². The van der Waals surface area contributed by atoms with Crippen molar-refractivity contribution in [3.05, 3.63) is 64.7 Å². The third-order valence-corrected chi connectivity index (χ3v) is 4.22. The molecule has 2 rings (SSSR count). The van der Waals surface area contributed by atoms with E-state index in [1.54, 1.807) is 0 Å². The molecule has 0 aliphatic heterocycles. The molecule has 0 spiro atoms. The molecule has 25 heavy (non-hydrogen) atoms. The molecule has 0 saturated heterocycles. The van der Waals surface area contributed by atoms with Crippen LogP contribution in [0.5, 0.6) is 5.75 Å². The minimum atomic E-state index is 0.0390. The van der Waals surface area contributed by atoms with Crippen molar-refractivity contribution in [3.8, 4) is 5.75 Å². The molecule has 0 atom stereocenters. The first-order chi connectivity index (χ1) is 11.6. The van der Waals surface area contributed by atoms with Gasteiger partial charge in [0.05, 0.1) is 0 Å². The van der Waals surface area contributed by atoms with E-state index in [2.05, 4.69) is 52.1 Å². The average molecular weight is 360 g/mol. The van der Waals surface area contributed by atoms with Crippen LogP contribution in [-0.4, -0.2) is 5.54 Å². The highest BCUT2D eigenvalue weighted by atomic mass is 35.5. The summed E-state index contributed by atoms with van der Waals surface area (Å²) >= 11 is 6.21. The highest BCUT2D eigenvalue weighted by molar-refractivity contribution is 6.30. The third kappa shape index (κ3) is 7.09. The monoisotopic (exact) mass is 359 g/mol. The van der Waals surface area contributed by atoms with Gasteiger partial charge in [-0.15, -0.1) is 0 Å². The van der Waals surface area contributed by atoms with Gasteiger partial charge in [0.25, 0.3) is 0 Å². The van der Waals surface area contributed by atoms with Gasteiger partial charge in [-0.1, -0.05) is 62.7 Å². The van der Waals surface area contributed by atoms with Crippen LogP contribution in [0.25, 0.3) is 0 Å². The lowest BCUT2D eigenvalue weighted by atomic mass is 9.82. The topological polar surface area (TPSA) is 21.3 Å². The summed E-state index contributed by atoms with van der Waals surface area (Å²) in [4.78, 5) is 0. The second-order valence-electron chi connectivity index (χ2n) is 8.50. The van der Waals surface area contributed by atoms with Crippen molar-refractivity contribution in [1.29, 1.82) is 0 Å². The maximum Gasteiger partial charge on any atom is 0.124 e. The Morgan fingerprint density at radius 3 is 2.28 bits per heavy atom. The fourth-order valence-electron chi connectivity index (χ4n) is 3.29. The molecule has 2 nitrogen and oxygen atoms in total. The van der Waals surface area contributed by atoms with Gasteiger partial charge in [0.2, 0.25) is 0 Å².